The lowest BCUT2D eigenvalue weighted by atomic mass is 9.94. The molecule has 0 spiro atoms. The van der Waals surface area contributed by atoms with Crippen molar-refractivity contribution < 1.29 is 14.6 Å². The van der Waals surface area contributed by atoms with Gasteiger partial charge in [0, 0.05) is 6.54 Å². The molecule has 1 heterocycles. The molecule has 1 aliphatic heterocycles. The molecule has 0 saturated carbocycles. The average molecular weight is 201 g/mol. The zero-order valence-electron chi connectivity index (χ0n) is 8.90. The number of likely N-dealkylation sites (tertiary alicyclic amines) is 1. The van der Waals surface area contributed by atoms with E-state index in [1.165, 1.54) is 7.11 Å². The van der Waals surface area contributed by atoms with Crippen LogP contribution in [0.4, 0.5) is 0 Å². The molecule has 0 amide bonds. The van der Waals surface area contributed by atoms with Crippen LogP contribution < -0.4 is 0 Å². The minimum absolute atomic E-state index is 0.0624. The summed E-state index contributed by atoms with van der Waals surface area (Å²) < 4.78 is 4.61. The number of aliphatic hydroxyl groups is 1. The lowest BCUT2D eigenvalue weighted by Crippen LogP contribution is -2.23. The van der Waals surface area contributed by atoms with Crippen LogP contribution >= 0.6 is 0 Å². The van der Waals surface area contributed by atoms with Gasteiger partial charge in [0.2, 0.25) is 0 Å². The Hall–Kier alpha value is -0.610. The third-order valence-electron chi connectivity index (χ3n) is 2.89. The largest absolute Gasteiger partial charge is 0.469 e. The highest BCUT2D eigenvalue weighted by Gasteiger charge is 2.25. The maximum Gasteiger partial charge on any atom is 0.305 e. The molecule has 0 aliphatic carbocycles. The molecule has 0 radical (unpaired) electrons. The summed E-state index contributed by atoms with van der Waals surface area (Å²) in [6.07, 6.45) is 1.59. The second kappa shape index (κ2) is 5.32. The van der Waals surface area contributed by atoms with E-state index in [0.717, 1.165) is 25.9 Å². The van der Waals surface area contributed by atoms with E-state index in [4.69, 9.17) is 0 Å². The van der Waals surface area contributed by atoms with Gasteiger partial charge in [-0.15, -0.1) is 0 Å². The molecule has 2 atom stereocenters. The molecule has 4 heteroatoms. The minimum atomic E-state index is -0.362. The van der Waals surface area contributed by atoms with Crippen molar-refractivity contribution in [2.75, 3.05) is 27.2 Å². The zero-order chi connectivity index (χ0) is 10.6. The standard InChI is InChI=1S/C10H19NO3/c1-11-5-3-8(7-10(13)14-2)9(12)4-6-11/h8-9,12H,3-7H2,1-2H3. The second-order valence-corrected chi connectivity index (χ2v) is 3.99. The van der Waals surface area contributed by atoms with Crippen molar-refractivity contribution in [3.8, 4) is 0 Å². The third kappa shape index (κ3) is 3.27. The highest BCUT2D eigenvalue weighted by molar-refractivity contribution is 5.69. The maximum atomic E-state index is 11.1. The minimum Gasteiger partial charge on any atom is -0.469 e. The van der Waals surface area contributed by atoms with Gasteiger partial charge in [-0.3, -0.25) is 4.79 Å². The Balaban J connectivity index is 2.45. The number of ether oxygens (including phenoxy) is 1. The first-order valence-corrected chi connectivity index (χ1v) is 5.07. The molecule has 1 saturated heterocycles. The fraction of sp³-hybridized carbons (Fsp3) is 0.900. The van der Waals surface area contributed by atoms with Crippen molar-refractivity contribution in [2.24, 2.45) is 5.92 Å². The van der Waals surface area contributed by atoms with Gasteiger partial charge in [0.05, 0.1) is 19.6 Å². The first kappa shape index (κ1) is 11.5. The fourth-order valence-electron chi connectivity index (χ4n) is 1.81. The monoisotopic (exact) mass is 201 g/mol. The molecule has 0 bridgehead atoms. The van der Waals surface area contributed by atoms with Gasteiger partial charge >= 0.3 is 5.97 Å². The van der Waals surface area contributed by atoms with E-state index >= 15 is 0 Å². The summed E-state index contributed by atoms with van der Waals surface area (Å²) in [6.45, 7) is 1.84. The van der Waals surface area contributed by atoms with Crippen LogP contribution in [0.1, 0.15) is 19.3 Å². The smallest absolute Gasteiger partial charge is 0.305 e. The van der Waals surface area contributed by atoms with Crippen molar-refractivity contribution in [1.29, 1.82) is 0 Å². The first-order valence-electron chi connectivity index (χ1n) is 5.07. The number of nitrogens with zero attached hydrogens (tertiary/aromatic N) is 1. The summed E-state index contributed by atoms with van der Waals surface area (Å²) >= 11 is 0. The van der Waals surface area contributed by atoms with Crippen LogP contribution in [0, 0.1) is 5.92 Å². The van der Waals surface area contributed by atoms with E-state index in [2.05, 4.69) is 9.64 Å². The summed E-state index contributed by atoms with van der Waals surface area (Å²) in [6, 6.07) is 0. The third-order valence-corrected chi connectivity index (χ3v) is 2.89. The van der Waals surface area contributed by atoms with Crippen LogP contribution in [-0.2, 0) is 9.53 Å². The Bertz CT molecular complexity index is 196. The number of methoxy groups -OCH3 is 1. The fourth-order valence-corrected chi connectivity index (χ4v) is 1.81. The zero-order valence-corrected chi connectivity index (χ0v) is 8.90. The Morgan fingerprint density at radius 2 is 2.14 bits per heavy atom. The van der Waals surface area contributed by atoms with Crippen molar-refractivity contribution in [3.05, 3.63) is 0 Å². The number of hydrogen-bond acceptors (Lipinski definition) is 4. The highest BCUT2D eigenvalue weighted by Crippen LogP contribution is 2.21. The molecule has 1 rings (SSSR count). The topological polar surface area (TPSA) is 49.8 Å². The van der Waals surface area contributed by atoms with Gasteiger partial charge in [-0.1, -0.05) is 0 Å². The number of rotatable bonds is 2. The Morgan fingerprint density at radius 3 is 2.79 bits per heavy atom. The van der Waals surface area contributed by atoms with Crippen LogP contribution in [0.2, 0.25) is 0 Å². The van der Waals surface area contributed by atoms with E-state index in [0.29, 0.717) is 6.42 Å². The first-order chi connectivity index (χ1) is 6.63. The SMILES string of the molecule is COC(=O)CC1CCN(C)CCC1O. The lowest BCUT2D eigenvalue weighted by molar-refractivity contribution is -0.142. The molecular weight excluding hydrogens is 182 g/mol. The summed E-state index contributed by atoms with van der Waals surface area (Å²) in [7, 11) is 3.42. The molecule has 0 aromatic rings. The van der Waals surface area contributed by atoms with Gasteiger partial charge in [-0.25, -0.2) is 0 Å². The van der Waals surface area contributed by atoms with Gasteiger partial charge in [-0.2, -0.15) is 0 Å². The van der Waals surface area contributed by atoms with Crippen molar-refractivity contribution >= 4 is 5.97 Å². The van der Waals surface area contributed by atoms with Crippen LogP contribution in [0.25, 0.3) is 0 Å². The number of aliphatic hydroxyl groups excluding tert-OH is 1. The predicted molar refractivity (Wildman–Crippen MR) is 52.9 cm³/mol. The van der Waals surface area contributed by atoms with E-state index in [1.54, 1.807) is 0 Å². The molecular formula is C10H19NO3. The van der Waals surface area contributed by atoms with Crippen molar-refractivity contribution in [1.82, 2.24) is 4.90 Å². The normalized spacial score (nSPS) is 29.6. The summed E-state index contributed by atoms with van der Waals surface area (Å²) in [5, 5.41) is 9.78. The summed E-state index contributed by atoms with van der Waals surface area (Å²) in [4.78, 5) is 13.3. The Labute approximate surface area is 84.8 Å². The van der Waals surface area contributed by atoms with Crippen LogP contribution in [-0.4, -0.2) is 49.3 Å². The molecule has 2 unspecified atom stereocenters. The van der Waals surface area contributed by atoms with Crippen LogP contribution in [0.15, 0.2) is 0 Å². The number of carbonyl (C=O) groups is 1. The van der Waals surface area contributed by atoms with Gasteiger partial charge < -0.3 is 14.7 Å². The average Bonchev–Trinajstić information content (AvgIpc) is 2.33. The molecule has 1 fully saturated rings. The van der Waals surface area contributed by atoms with Gasteiger partial charge in [0.25, 0.3) is 0 Å². The molecule has 0 aromatic heterocycles. The summed E-state index contributed by atoms with van der Waals surface area (Å²) in [5.74, 6) is -0.161. The van der Waals surface area contributed by atoms with E-state index in [-0.39, 0.29) is 18.0 Å². The van der Waals surface area contributed by atoms with Crippen LogP contribution in [0.5, 0.6) is 0 Å². The molecule has 14 heavy (non-hydrogen) atoms. The van der Waals surface area contributed by atoms with Crippen molar-refractivity contribution in [3.63, 3.8) is 0 Å². The number of esters is 1. The second-order valence-electron chi connectivity index (χ2n) is 3.99. The molecule has 4 nitrogen and oxygen atoms in total. The maximum absolute atomic E-state index is 11.1. The predicted octanol–water partition coefficient (Wildman–Crippen LogP) is 0.252. The highest BCUT2D eigenvalue weighted by atomic mass is 16.5. The van der Waals surface area contributed by atoms with E-state index < -0.39 is 0 Å². The lowest BCUT2D eigenvalue weighted by Gasteiger charge is -2.18. The van der Waals surface area contributed by atoms with Crippen LogP contribution in [0.3, 0.4) is 0 Å². The quantitative estimate of drug-likeness (QED) is 0.651. The number of carbonyl (C=O) groups excluding carboxylic acids is 1. The Kier molecular flexibility index (Phi) is 4.35. The molecule has 1 aliphatic rings. The molecule has 0 aromatic carbocycles. The van der Waals surface area contributed by atoms with E-state index in [9.17, 15) is 9.90 Å². The van der Waals surface area contributed by atoms with Gasteiger partial charge in [0.15, 0.2) is 0 Å². The Morgan fingerprint density at radius 1 is 1.50 bits per heavy atom. The van der Waals surface area contributed by atoms with E-state index in [1.807, 2.05) is 7.05 Å². The van der Waals surface area contributed by atoms with Gasteiger partial charge in [-0.05, 0) is 32.4 Å². The van der Waals surface area contributed by atoms with Gasteiger partial charge in [0.1, 0.15) is 0 Å². The molecule has 82 valence electrons. The molecule has 1 N–H and O–H groups in total. The number of hydrogen-bond donors (Lipinski definition) is 1. The summed E-state index contributed by atoms with van der Waals surface area (Å²) in [5.41, 5.74) is 0. The van der Waals surface area contributed by atoms with Crippen molar-refractivity contribution in [2.45, 2.75) is 25.4 Å².